The number of benzene rings is 1. The Bertz CT molecular complexity index is 661. The molecule has 2 N–H and O–H groups in total. The fraction of sp³-hybridized carbons (Fsp3) is 0.500. The summed E-state index contributed by atoms with van der Waals surface area (Å²) in [6.07, 6.45) is 6.01. The van der Waals surface area contributed by atoms with Gasteiger partial charge in [-0.05, 0) is 36.8 Å². The van der Waals surface area contributed by atoms with Crippen molar-refractivity contribution in [1.29, 1.82) is 0 Å². The molecule has 0 aliphatic rings. The smallest absolute Gasteiger partial charge is 0.191 e. The predicted octanol–water partition coefficient (Wildman–Crippen LogP) is 3.85. The monoisotopic (exact) mass is 469 g/mol. The van der Waals surface area contributed by atoms with Gasteiger partial charge in [-0.3, -0.25) is 4.68 Å². The normalized spacial score (nSPS) is 11.3. The van der Waals surface area contributed by atoms with Gasteiger partial charge < -0.3 is 10.6 Å². The molecule has 26 heavy (non-hydrogen) atoms. The Balaban J connectivity index is 0.00000338. The summed E-state index contributed by atoms with van der Waals surface area (Å²) in [5, 5.41) is 10.9. The number of aliphatic imine (C=N–C) groups is 1. The van der Waals surface area contributed by atoms with Gasteiger partial charge >= 0.3 is 0 Å². The van der Waals surface area contributed by atoms with Gasteiger partial charge in [-0.1, -0.05) is 38.1 Å². The van der Waals surface area contributed by atoms with Gasteiger partial charge in [0.15, 0.2) is 5.96 Å². The lowest BCUT2D eigenvalue weighted by Gasteiger charge is -2.11. The molecule has 5 nitrogen and oxygen atoms in total. The molecule has 0 spiro atoms. The summed E-state index contributed by atoms with van der Waals surface area (Å²) in [4.78, 5) is 4.61. The maximum absolute atomic E-state index is 4.61. The maximum atomic E-state index is 4.61. The van der Waals surface area contributed by atoms with E-state index in [1.165, 1.54) is 11.1 Å². The van der Waals surface area contributed by atoms with Crippen LogP contribution in [-0.2, 0) is 20.0 Å². The molecule has 0 fully saturated rings. The second-order valence-corrected chi connectivity index (χ2v) is 6.64. The Labute approximate surface area is 174 Å². The van der Waals surface area contributed by atoms with Crippen molar-refractivity contribution in [3.63, 3.8) is 0 Å². The van der Waals surface area contributed by atoms with Crippen LogP contribution in [0.2, 0.25) is 0 Å². The number of hydrogen-bond donors (Lipinski definition) is 2. The summed E-state index contributed by atoms with van der Waals surface area (Å²) in [6.45, 7) is 8.94. The molecule has 0 aliphatic heterocycles. The first-order valence-electron chi connectivity index (χ1n) is 9.17. The van der Waals surface area contributed by atoms with E-state index < -0.39 is 0 Å². The summed E-state index contributed by atoms with van der Waals surface area (Å²) in [5.41, 5.74) is 3.91. The number of nitrogens with zero attached hydrogens (tertiary/aromatic N) is 3. The number of aryl methyl sites for hydroxylation is 2. The van der Waals surface area contributed by atoms with E-state index in [0.29, 0.717) is 12.5 Å². The zero-order valence-electron chi connectivity index (χ0n) is 16.3. The Morgan fingerprint density at radius 2 is 1.88 bits per heavy atom. The molecule has 2 aromatic rings. The molecule has 1 aromatic heterocycles. The van der Waals surface area contributed by atoms with E-state index in [1.54, 1.807) is 4.68 Å². The molecule has 0 saturated heterocycles. The summed E-state index contributed by atoms with van der Waals surface area (Å²) in [5.74, 6) is 1.45. The van der Waals surface area contributed by atoms with Gasteiger partial charge in [-0.2, -0.15) is 5.10 Å². The molecule has 0 amide bonds. The van der Waals surface area contributed by atoms with Crippen LogP contribution in [0.1, 0.15) is 49.8 Å². The van der Waals surface area contributed by atoms with Gasteiger partial charge in [0.05, 0.1) is 12.7 Å². The number of halogens is 1. The van der Waals surface area contributed by atoms with Gasteiger partial charge in [0, 0.05) is 31.9 Å². The van der Waals surface area contributed by atoms with E-state index in [0.717, 1.165) is 37.5 Å². The van der Waals surface area contributed by atoms with Crippen LogP contribution in [0.25, 0.3) is 0 Å². The second kappa shape index (κ2) is 11.9. The fourth-order valence-corrected chi connectivity index (χ4v) is 2.63. The summed E-state index contributed by atoms with van der Waals surface area (Å²) >= 11 is 0. The summed E-state index contributed by atoms with van der Waals surface area (Å²) in [6, 6.07) is 8.98. The Morgan fingerprint density at radius 3 is 2.46 bits per heavy atom. The van der Waals surface area contributed by atoms with E-state index in [4.69, 9.17) is 0 Å². The van der Waals surface area contributed by atoms with Crippen molar-refractivity contribution in [2.45, 2.75) is 46.1 Å². The van der Waals surface area contributed by atoms with Crippen LogP contribution >= 0.6 is 24.0 Å². The van der Waals surface area contributed by atoms with Crippen molar-refractivity contribution in [3.8, 4) is 0 Å². The van der Waals surface area contributed by atoms with Gasteiger partial charge in [-0.25, -0.2) is 4.99 Å². The molecule has 6 heteroatoms. The highest BCUT2D eigenvalue weighted by molar-refractivity contribution is 14.0. The lowest BCUT2D eigenvalue weighted by molar-refractivity contribution is 0.742. The molecule has 2 rings (SSSR count). The van der Waals surface area contributed by atoms with Crippen molar-refractivity contribution in [3.05, 3.63) is 53.3 Å². The third-order valence-electron chi connectivity index (χ3n) is 4.10. The average molecular weight is 469 g/mol. The SMILES string of the molecule is CCNC(=NCc1cnn(C)c1)NCCCc1ccc(C(C)C)cc1.I. The molecule has 0 saturated carbocycles. The lowest BCUT2D eigenvalue weighted by atomic mass is 10.0. The van der Waals surface area contributed by atoms with E-state index in [1.807, 2.05) is 19.4 Å². The average Bonchev–Trinajstić information content (AvgIpc) is 3.02. The van der Waals surface area contributed by atoms with E-state index in [9.17, 15) is 0 Å². The third kappa shape index (κ3) is 7.76. The zero-order chi connectivity index (χ0) is 18.1. The zero-order valence-corrected chi connectivity index (χ0v) is 18.7. The van der Waals surface area contributed by atoms with Crippen LogP contribution in [0.15, 0.2) is 41.7 Å². The second-order valence-electron chi connectivity index (χ2n) is 6.64. The van der Waals surface area contributed by atoms with E-state index >= 15 is 0 Å². The maximum Gasteiger partial charge on any atom is 0.191 e. The first kappa shape index (κ1) is 22.5. The Morgan fingerprint density at radius 1 is 1.15 bits per heavy atom. The lowest BCUT2D eigenvalue weighted by Crippen LogP contribution is -2.37. The topological polar surface area (TPSA) is 54.2 Å². The van der Waals surface area contributed by atoms with Gasteiger partial charge in [0.2, 0.25) is 0 Å². The third-order valence-corrected chi connectivity index (χ3v) is 4.10. The first-order valence-corrected chi connectivity index (χ1v) is 9.17. The molecular formula is C20H32IN5. The number of guanidine groups is 1. The van der Waals surface area contributed by atoms with Crippen LogP contribution in [0.3, 0.4) is 0 Å². The standard InChI is InChI=1S/C20H31N5.HI/c1-5-21-20(23-13-18-14-24-25(4)15-18)22-12-6-7-17-8-10-19(11-9-17)16(2)3;/h8-11,14-16H,5-7,12-13H2,1-4H3,(H2,21,22,23);1H. The molecule has 1 heterocycles. The minimum absolute atomic E-state index is 0. The van der Waals surface area contributed by atoms with Crippen LogP contribution in [-0.4, -0.2) is 28.8 Å². The van der Waals surface area contributed by atoms with Crippen LogP contribution in [0, 0.1) is 0 Å². The van der Waals surface area contributed by atoms with Crippen LogP contribution in [0.4, 0.5) is 0 Å². The van der Waals surface area contributed by atoms with Gasteiger partial charge in [-0.15, -0.1) is 24.0 Å². The van der Waals surface area contributed by atoms with E-state index in [2.05, 4.69) is 65.8 Å². The van der Waals surface area contributed by atoms with Crippen LogP contribution < -0.4 is 10.6 Å². The molecule has 0 unspecified atom stereocenters. The summed E-state index contributed by atoms with van der Waals surface area (Å²) < 4.78 is 1.80. The van der Waals surface area contributed by atoms with Gasteiger partial charge in [0.1, 0.15) is 0 Å². The highest BCUT2D eigenvalue weighted by Gasteiger charge is 2.01. The van der Waals surface area contributed by atoms with Crippen molar-refractivity contribution in [2.75, 3.05) is 13.1 Å². The van der Waals surface area contributed by atoms with Crippen molar-refractivity contribution < 1.29 is 0 Å². The van der Waals surface area contributed by atoms with Crippen molar-refractivity contribution >= 4 is 29.9 Å². The molecule has 144 valence electrons. The molecule has 0 aliphatic carbocycles. The van der Waals surface area contributed by atoms with Crippen molar-refractivity contribution in [1.82, 2.24) is 20.4 Å². The Kier molecular flexibility index (Phi) is 10.3. The minimum atomic E-state index is 0. The molecule has 0 atom stereocenters. The quantitative estimate of drug-likeness (QED) is 0.267. The Hall–Kier alpha value is -1.57. The number of hydrogen-bond acceptors (Lipinski definition) is 2. The van der Waals surface area contributed by atoms with E-state index in [-0.39, 0.29) is 24.0 Å². The fourth-order valence-electron chi connectivity index (χ4n) is 2.63. The molecular weight excluding hydrogens is 437 g/mol. The largest absolute Gasteiger partial charge is 0.357 e. The number of rotatable bonds is 8. The number of nitrogens with one attached hydrogen (secondary N) is 2. The molecule has 0 bridgehead atoms. The first-order chi connectivity index (χ1) is 12.1. The molecule has 1 aromatic carbocycles. The van der Waals surface area contributed by atoms with Gasteiger partial charge in [0.25, 0.3) is 0 Å². The highest BCUT2D eigenvalue weighted by atomic mass is 127. The van der Waals surface area contributed by atoms with Crippen LogP contribution in [0.5, 0.6) is 0 Å². The summed E-state index contributed by atoms with van der Waals surface area (Å²) in [7, 11) is 1.92. The number of aromatic nitrogens is 2. The highest BCUT2D eigenvalue weighted by Crippen LogP contribution is 2.15. The molecule has 0 radical (unpaired) electrons. The minimum Gasteiger partial charge on any atom is -0.357 e. The predicted molar refractivity (Wildman–Crippen MR) is 120 cm³/mol. The van der Waals surface area contributed by atoms with Crippen molar-refractivity contribution in [2.24, 2.45) is 12.0 Å².